The molecule has 1 saturated heterocycles. The number of nitrogens with zero attached hydrogens (tertiary/aromatic N) is 1. The second-order valence-electron chi connectivity index (χ2n) is 5.52. The van der Waals surface area contributed by atoms with Gasteiger partial charge in [0.15, 0.2) is 0 Å². The zero-order valence-corrected chi connectivity index (χ0v) is 12.0. The SMILES string of the molecule is CCOC(=O)C1CCN(C(=O)OC(C)(C)C)CC1=N. The molecule has 1 unspecified atom stereocenters. The number of nitrogens with one attached hydrogen (secondary N) is 1. The summed E-state index contributed by atoms with van der Waals surface area (Å²) in [5.41, 5.74) is -0.354. The van der Waals surface area contributed by atoms with Gasteiger partial charge in [0, 0.05) is 12.3 Å². The molecule has 0 bridgehead atoms. The van der Waals surface area contributed by atoms with Gasteiger partial charge in [0.25, 0.3) is 0 Å². The molecule has 19 heavy (non-hydrogen) atoms. The third kappa shape index (κ3) is 4.54. The van der Waals surface area contributed by atoms with Crippen molar-refractivity contribution in [2.45, 2.75) is 39.7 Å². The number of ether oxygens (including phenoxy) is 2. The van der Waals surface area contributed by atoms with Crippen molar-refractivity contribution in [1.82, 2.24) is 4.90 Å². The Hall–Kier alpha value is -1.59. The molecule has 0 radical (unpaired) electrons. The van der Waals surface area contributed by atoms with E-state index in [-0.39, 0.29) is 18.2 Å². The number of esters is 1. The van der Waals surface area contributed by atoms with Crippen molar-refractivity contribution in [3.05, 3.63) is 0 Å². The monoisotopic (exact) mass is 270 g/mol. The summed E-state index contributed by atoms with van der Waals surface area (Å²) in [6.07, 6.45) is -0.0313. The standard InChI is InChI=1S/C13H22N2O4/c1-5-18-11(16)9-6-7-15(8-10(9)14)12(17)19-13(2,3)4/h9,14H,5-8H2,1-4H3. The number of rotatable bonds is 2. The van der Waals surface area contributed by atoms with Crippen LogP contribution in [-0.4, -0.2) is 48.0 Å². The molecule has 0 aromatic rings. The minimum atomic E-state index is -0.558. The highest BCUT2D eigenvalue weighted by atomic mass is 16.6. The molecule has 1 heterocycles. The minimum absolute atomic E-state index is 0.123. The second kappa shape index (κ2) is 6.04. The van der Waals surface area contributed by atoms with Gasteiger partial charge in [-0.05, 0) is 34.1 Å². The van der Waals surface area contributed by atoms with Gasteiger partial charge in [-0.2, -0.15) is 0 Å². The van der Waals surface area contributed by atoms with E-state index < -0.39 is 17.6 Å². The molecule has 0 spiro atoms. The maximum Gasteiger partial charge on any atom is 0.410 e. The van der Waals surface area contributed by atoms with Crippen molar-refractivity contribution in [2.24, 2.45) is 5.92 Å². The summed E-state index contributed by atoms with van der Waals surface area (Å²) in [6, 6.07) is 0. The topological polar surface area (TPSA) is 79.7 Å². The molecule has 1 aliphatic rings. The minimum Gasteiger partial charge on any atom is -0.465 e. The molecule has 6 heteroatoms. The van der Waals surface area contributed by atoms with Crippen molar-refractivity contribution in [3.63, 3.8) is 0 Å². The largest absolute Gasteiger partial charge is 0.465 e. The van der Waals surface area contributed by atoms with Crippen LogP contribution < -0.4 is 0 Å². The van der Waals surface area contributed by atoms with Gasteiger partial charge >= 0.3 is 12.1 Å². The third-order valence-corrected chi connectivity index (χ3v) is 2.69. The zero-order chi connectivity index (χ0) is 14.6. The normalized spacial score (nSPS) is 20.1. The van der Waals surface area contributed by atoms with Crippen LogP contribution >= 0.6 is 0 Å². The molecule has 1 atom stereocenters. The molecule has 1 rings (SSSR count). The Kier molecular flexibility index (Phi) is 4.91. The smallest absolute Gasteiger partial charge is 0.410 e. The molecule has 108 valence electrons. The quantitative estimate of drug-likeness (QED) is 0.776. The van der Waals surface area contributed by atoms with Crippen LogP contribution in [0.15, 0.2) is 0 Å². The summed E-state index contributed by atoms with van der Waals surface area (Å²) in [4.78, 5) is 24.9. The van der Waals surface area contributed by atoms with Gasteiger partial charge in [-0.1, -0.05) is 0 Å². The third-order valence-electron chi connectivity index (χ3n) is 2.69. The van der Waals surface area contributed by atoms with Gasteiger partial charge in [0.2, 0.25) is 0 Å². The Bertz CT molecular complexity index is 373. The van der Waals surface area contributed by atoms with Gasteiger partial charge in [-0.15, -0.1) is 0 Å². The summed E-state index contributed by atoms with van der Waals surface area (Å²) in [6.45, 7) is 7.94. The first kappa shape index (κ1) is 15.5. The Labute approximate surface area is 113 Å². The van der Waals surface area contributed by atoms with Gasteiger partial charge in [-0.25, -0.2) is 4.79 Å². The second-order valence-corrected chi connectivity index (χ2v) is 5.52. The van der Waals surface area contributed by atoms with Crippen LogP contribution in [0.3, 0.4) is 0 Å². The van der Waals surface area contributed by atoms with E-state index in [1.807, 2.05) is 0 Å². The highest BCUT2D eigenvalue weighted by molar-refractivity contribution is 6.03. The molecule has 1 amide bonds. The summed E-state index contributed by atoms with van der Waals surface area (Å²) >= 11 is 0. The lowest BCUT2D eigenvalue weighted by molar-refractivity contribution is -0.146. The van der Waals surface area contributed by atoms with Crippen molar-refractivity contribution in [2.75, 3.05) is 19.7 Å². The average Bonchev–Trinajstić information content (AvgIpc) is 2.26. The highest BCUT2D eigenvalue weighted by Crippen LogP contribution is 2.18. The van der Waals surface area contributed by atoms with Gasteiger partial charge in [0.05, 0.1) is 19.1 Å². The lowest BCUT2D eigenvalue weighted by Crippen LogP contribution is -2.48. The number of likely N-dealkylation sites (tertiary alicyclic amines) is 1. The number of piperidine rings is 1. The van der Waals surface area contributed by atoms with Crippen LogP contribution in [0.25, 0.3) is 0 Å². The van der Waals surface area contributed by atoms with Gasteiger partial charge in [-0.3, -0.25) is 4.79 Å². The zero-order valence-electron chi connectivity index (χ0n) is 12.0. The lowest BCUT2D eigenvalue weighted by Gasteiger charge is -2.33. The van der Waals surface area contributed by atoms with E-state index >= 15 is 0 Å². The van der Waals surface area contributed by atoms with Crippen LogP contribution in [0.1, 0.15) is 34.1 Å². The number of amides is 1. The molecular weight excluding hydrogens is 248 g/mol. The molecule has 1 N–H and O–H groups in total. The van der Waals surface area contributed by atoms with Crippen LogP contribution in [0.4, 0.5) is 4.79 Å². The fourth-order valence-electron chi connectivity index (χ4n) is 1.84. The van der Waals surface area contributed by atoms with Crippen LogP contribution in [0, 0.1) is 11.3 Å². The van der Waals surface area contributed by atoms with E-state index in [1.165, 1.54) is 4.90 Å². The first-order valence-electron chi connectivity index (χ1n) is 6.46. The number of hydrogen-bond donors (Lipinski definition) is 1. The number of carbonyl (C=O) groups is 2. The van der Waals surface area contributed by atoms with E-state index in [1.54, 1.807) is 27.7 Å². The summed E-state index contributed by atoms with van der Waals surface area (Å²) in [5, 5.41) is 7.86. The van der Waals surface area contributed by atoms with Crippen molar-refractivity contribution in [3.8, 4) is 0 Å². The van der Waals surface area contributed by atoms with E-state index in [9.17, 15) is 9.59 Å². The molecule has 0 aromatic carbocycles. The molecule has 1 aliphatic heterocycles. The lowest BCUT2D eigenvalue weighted by atomic mass is 9.95. The molecule has 1 fully saturated rings. The Morgan fingerprint density at radius 3 is 2.53 bits per heavy atom. The fourth-order valence-corrected chi connectivity index (χ4v) is 1.84. The first-order chi connectivity index (χ1) is 8.74. The fraction of sp³-hybridized carbons (Fsp3) is 0.769. The first-order valence-corrected chi connectivity index (χ1v) is 6.46. The highest BCUT2D eigenvalue weighted by Gasteiger charge is 2.34. The van der Waals surface area contributed by atoms with E-state index in [0.717, 1.165) is 0 Å². The number of carbonyl (C=O) groups excluding carboxylic acids is 2. The van der Waals surface area contributed by atoms with Gasteiger partial charge < -0.3 is 19.8 Å². The molecular formula is C13H22N2O4. The van der Waals surface area contributed by atoms with E-state index in [2.05, 4.69) is 0 Å². The Morgan fingerprint density at radius 1 is 1.42 bits per heavy atom. The van der Waals surface area contributed by atoms with Crippen molar-refractivity contribution < 1.29 is 19.1 Å². The van der Waals surface area contributed by atoms with Crippen LogP contribution in [-0.2, 0) is 14.3 Å². The summed E-state index contributed by atoms with van der Waals surface area (Å²) < 4.78 is 10.2. The average molecular weight is 270 g/mol. The predicted molar refractivity (Wildman–Crippen MR) is 70.3 cm³/mol. The predicted octanol–water partition coefficient (Wildman–Crippen LogP) is 1.83. The Balaban J connectivity index is 2.56. The van der Waals surface area contributed by atoms with Crippen molar-refractivity contribution in [1.29, 1.82) is 5.41 Å². The van der Waals surface area contributed by atoms with Crippen LogP contribution in [0.5, 0.6) is 0 Å². The number of hydrogen-bond acceptors (Lipinski definition) is 5. The van der Waals surface area contributed by atoms with E-state index in [4.69, 9.17) is 14.9 Å². The summed E-state index contributed by atoms with van der Waals surface area (Å²) in [7, 11) is 0. The van der Waals surface area contributed by atoms with Crippen LogP contribution in [0.2, 0.25) is 0 Å². The maximum atomic E-state index is 11.9. The van der Waals surface area contributed by atoms with Gasteiger partial charge in [0.1, 0.15) is 5.60 Å². The van der Waals surface area contributed by atoms with Crippen molar-refractivity contribution >= 4 is 17.8 Å². The summed E-state index contributed by atoms with van der Waals surface area (Å²) in [5.74, 6) is -0.907. The molecule has 0 aliphatic carbocycles. The molecule has 6 nitrogen and oxygen atoms in total. The maximum absolute atomic E-state index is 11.9. The Morgan fingerprint density at radius 2 is 2.05 bits per heavy atom. The molecule has 0 aromatic heterocycles. The molecule has 0 saturated carbocycles. The van der Waals surface area contributed by atoms with E-state index in [0.29, 0.717) is 19.6 Å².